The minimum atomic E-state index is -0.981. The van der Waals surface area contributed by atoms with Gasteiger partial charge in [0.05, 0.1) is 6.04 Å². The molecule has 12 heteroatoms. The number of carbonyl (C=O) groups excluding carboxylic acids is 5. The fourth-order valence-corrected chi connectivity index (χ4v) is 5.39. The minimum Gasteiger partial charge on any atom is -0.481 e. The van der Waals surface area contributed by atoms with Crippen LogP contribution < -0.4 is 22.1 Å². The highest BCUT2D eigenvalue weighted by Crippen LogP contribution is 2.22. The van der Waals surface area contributed by atoms with Crippen molar-refractivity contribution in [3.8, 4) is 0 Å². The number of carbonyl (C=O) groups is 6. The van der Waals surface area contributed by atoms with E-state index in [-0.39, 0.29) is 61.0 Å². The van der Waals surface area contributed by atoms with E-state index in [4.69, 9.17) is 16.6 Å². The van der Waals surface area contributed by atoms with Crippen LogP contribution >= 0.6 is 0 Å². The van der Waals surface area contributed by atoms with E-state index in [1.807, 2.05) is 13.8 Å². The maximum Gasteiger partial charge on any atom is 0.303 e. The number of primary amides is 1. The quantitative estimate of drug-likeness (QED) is 0.124. The first-order chi connectivity index (χ1) is 19.8. The molecule has 0 bridgehead atoms. The highest BCUT2D eigenvalue weighted by atomic mass is 16.4. The molecule has 0 spiro atoms. The molecule has 0 aliphatic carbocycles. The van der Waals surface area contributed by atoms with Crippen molar-refractivity contribution in [1.82, 2.24) is 15.5 Å². The number of Topliss-reactive ketones (excluding diaryl/α,β-unsaturated/α-hetero) is 1. The summed E-state index contributed by atoms with van der Waals surface area (Å²) in [5, 5.41) is 14.5. The van der Waals surface area contributed by atoms with Gasteiger partial charge in [-0.1, -0.05) is 34.1 Å². The summed E-state index contributed by atoms with van der Waals surface area (Å²) in [6, 6.07) is -2.41. The van der Waals surface area contributed by atoms with Gasteiger partial charge < -0.3 is 32.1 Å². The molecule has 1 unspecified atom stereocenters. The molecule has 4 amide bonds. The van der Waals surface area contributed by atoms with Crippen molar-refractivity contribution < 1.29 is 33.9 Å². The van der Waals surface area contributed by atoms with Gasteiger partial charge in [-0.3, -0.25) is 28.8 Å². The number of nitrogens with zero attached hydrogens (tertiary/aromatic N) is 1. The molecule has 5 atom stereocenters. The van der Waals surface area contributed by atoms with Crippen molar-refractivity contribution in [2.24, 2.45) is 29.2 Å². The number of aliphatic carboxylic acids is 1. The van der Waals surface area contributed by atoms with Gasteiger partial charge in [0.2, 0.25) is 23.6 Å². The number of carboxylic acid groups (broad SMARTS) is 1. The molecule has 0 radical (unpaired) electrons. The fourth-order valence-electron chi connectivity index (χ4n) is 5.39. The van der Waals surface area contributed by atoms with E-state index < -0.39 is 35.9 Å². The second-order valence-electron chi connectivity index (χ2n) is 11.8. The number of nitrogens with one attached hydrogen (secondary N) is 2. The zero-order valence-corrected chi connectivity index (χ0v) is 25.9. The van der Waals surface area contributed by atoms with Gasteiger partial charge in [-0.25, -0.2) is 0 Å². The van der Waals surface area contributed by atoms with E-state index >= 15 is 0 Å². The largest absolute Gasteiger partial charge is 0.481 e. The van der Waals surface area contributed by atoms with Crippen LogP contribution in [0.25, 0.3) is 0 Å². The van der Waals surface area contributed by atoms with E-state index in [1.165, 1.54) is 4.90 Å². The number of carboxylic acids is 1. The van der Waals surface area contributed by atoms with Crippen LogP contribution in [0.15, 0.2) is 0 Å². The summed E-state index contributed by atoms with van der Waals surface area (Å²) in [5.74, 6) is -3.18. The maximum atomic E-state index is 13.4. The number of ketones is 1. The van der Waals surface area contributed by atoms with Crippen molar-refractivity contribution in [2.45, 2.75) is 123 Å². The lowest BCUT2D eigenvalue weighted by Crippen LogP contribution is -2.57. The number of hydrogen-bond acceptors (Lipinski definition) is 7. The summed E-state index contributed by atoms with van der Waals surface area (Å²) < 4.78 is 0. The number of unbranched alkanes of at least 4 members (excludes halogenated alkanes) is 1. The van der Waals surface area contributed by atoms with Crippen molar-refractivity contribution in [2.75, 3.05) is 13.1 Å². The number of rotatable bonds is 21. The van der Waals surface area contributed by atoms with Crippen LogP contribution in [0, 0.1) is 17.8 Å². The second kappa shape index (κ2) is 19.2. The first-order valence-electron chi connectivity index (χ1n) is 15.5. The first-order valence-corrected chi connectivity index (χ1v) is 15.5. The Balaban J connectivity index is 2.88. The third-order valence-electron chi connectivity index (χ3n) is 8.19. The normalized spacial score (nSPS) is 17.8. The molecule has 0 saturated carbocycles. The first kappa shape index (κ1) is 37.0. The Hall–Kier alpha value is -3.02. The van der Waals surface area contributed by atoms with Crippen LogP contribution in [-0.4, -0.2) is 76.6 Å². The number of nitrogens with two attached hydrogens (primary N) is 2. The Bertz CT molecular complexity index is 926. The Labute approximate surface area is 250 Å². The minimum absolute atomic E-state index is 0.0360. The number of amides is 4. The molecule has 0 aromatic heterocycles. The molecule has 12 nitrogen and oxygen atoms in total. The molecule has 42 heavy (non-hydrogen) atoms. The highest BCUT2D eigenvalue weighted by Gasteiger charge is 2.37. The third-order valence-corrected chi connectivity index (χ3v) is 8.19. The Morgan fingerprint density at radius 3 is 2.19 bits per heavy atom. The molecule has 0 aromatic rings. The molecule has 7 N–H and O–H groups in total. The smallest absolute Gasteiger partial charge is 0.303 e. The van der Waals surface area contributed by atoms with Crippen molar-refractivity contribution in [3.05, 3.63) is 0 Å². The van der Waals surface area contributed by atoms with Crippen molar-refractivity contribution >= 4 is 35.4 Å². The van der Waals surface area contributed by atoms with Gasteiger partial charge in [0, 0.05) is 31.7 Å². The van der Waals surface area contributed by atoms with Crippen LogP contribution in [0.2, 0.25) is 0 Å². The molecule has 240 valence electrons. The molecular weight excluding hydrogens is 542 g/mol. The lowest BCUT2D eigenvalue weighted by atomic mass is 9.86. The van der Waals surface area contributed by atoms with E-state index in [0.717, 1.165) is 6.42 Å². The van der Waals surface area contributed by atoms with Gasteiger partial charge in [-0.2, -0.15) is 0 Å². The number of hydrogen-bond donors (Lipinski definition) is 5. The lowest BCUT2D eigenvalue weighted by molar-refractivity contribution is -0.140. The summed E-state index contributed by atoms with van der Waals surface area (Å²) in [6.45, 7) is 8.39. The molecule has 1 saturated heterocycles. The molecular formula is C30H53N5O7. The van der Waals surface area contributed by atoms with Crippen LogP contribution in [0.4, 0.5) is 0 Å². The maximum absolute atomic E-state index is 13.4. The average molecular weight is 596 g/mol. The Morgan fingerprint density at radius 1 is 0.929 bits per heavy atom. The summed E-state index contributed by atoms with van der Waals surface area (Å²) in [7, 11) is 0. The van der Waals surface area contributed by atoms with E-state index in [2.05, 4.69) is 10.6 Å². The number of likely N-dealkylation sites (tertiary alicyclic amines) is 1. The summed E-state index contributed by atoms with van der Waals surface area (Å²) >= 11 is 0. The molecule has 1 rings (SSSR count). The molecule has 0 aromatic carbocycles. The summed E-state index contributed by atoms with van der Waals surface area (Å²) in [5.41, 5.74) is 11.2. The van der Waals surface area contributed by atoms with Crippen LogP contribution in [0.5, 0.6) is 0 Å². The molecule has 1 aliphatic heterocycles. The van der Waals surface area contributed by atoms with Gasteiger partial charge in [0.25, 0.3) is 0 Å². The van der Waals surface area contributed by atoms with Gasteiger partial charge in [-0.15, -0.1) is 0 Å². The predicted octanol–water partition coefficient (Wildman–Crippen LogP) is 1.87. The van der Waals surface area contributed by atoms with E-state index in [0.29, 0.717) is 58.0 Å². The zero-order chi connectivity index (χ0) is 31.8. The van der Waals surface area contributed by atoms with Crippen LogP contribution in [0.1, 0.15) is 105 Å². The lowest BCUT2D eigenvalue weighted by Gasteiger charge is -2.29. The Morgan fingerprint density at radius 2 is 1.62 bits per heavy atom. The van der Waals surface area contributed by atoms with Gasteiger partial charge in [0.1, 0.15) is 12.1 Å². The molecule has 1 heterocycles. The second-order valence-corrected chi connectivity index (χ2v) is 11.8. The molecule has 1 aliphatic rings. The average Bonchev–Trinajstić information content (AvgIpc) is 3.42. The van der Waals surface area contributed by atoms with Crippen LogP contribution in [-0.2, 0) is 28.8 Å². The third kappa shape index (κ3) is 12.5. The van der Waals surface area contributed by atoms with E-state index in [1.54, 1.807) is 13.8 Å². The van der Waals surface area contributed by atoms with Crippen molar-refractivity contribution in [1.29, 1.82) is 0 Å². The molecule has 1 fully saturated rings. The Kier molecular flexibility index (Phi) is 16.9. The van der Waals surface area contributed by atoms with E-state index in [9.17, 15) is 28.8 Å². The summed E-state index contributed by atoms with van der Waals surface area (Å²) in [4.78, 5) is 76.6. The van der Waals surface area contributed by atoms with Crippen LogP contribution in [0.3, 0.4) is 0 Å². The zero-order valence-electron chi connectivity index (χ0n) is 25.9. The van der Waals surface area contributed by atoms with Gasteiger partial charge >= 0.3 is 5.97 Å². The topological polar surface area (TPSA) is 202 Å². The fraction of sp³-hybridized carbons (Fsp3) is 0.800. The highest BCUT2D eigenvalue weighted by molar-refractivity contribution is 5.95. The summed E-state index contributed by atoms with van der Waals surface area (Å²) in [6.07, 6.45) is 4.90. The standard InChI is InChI=1S/C30H53N5O7/c1-5-20(4)21(28(32)40)11-8-14-24(36)22(12-6-7-17-31)33-30(42)27(19(2)3)34-29(41)23-13-10-18-35(23)25(37)15-9-16-26(38)39/h19-23,27H,5-18,31H2,1-4H3,(H2,32,40)(H,33,42)(H,34,41)(H,38,39)/t20?,21-,22-,23-,27-/m0/s1. The van der Waals surface area contributed by atoms with Gasteiger partial charge in [-0.05, 0) is 69.7 Å². The predicted molar refractivity (Wildman–Crippen MR) is 159 cm³/mol. The van der Waals surface area contributed by atoms with Crippen molar-refractivity contribution in [3.63, 3.8) is 0 Å². The van der Waals surface area contributed by atoms with Gasteiger partial charge in [0.15, 0.2) is 5.78 Å². The SMILES string of the molecule is CCC(C)[C@H](CCCC(=O)[C@H](CCCCN)NC(=O)[C@@H](NC(=O)[C@@H]1CCCN1C(=O)CCCC(=O)O)C(C)C)C(N)=O. The monoisotopic (exact) mass is 595 g/mol.